The van der Waals surface area contributed by atoms with Gasteiger partial charge < -0.3 is 9.64 Å². The summed E-state index contributed by atoms with van der Waals surface area (Å²) in [5.74, 6) is -0.165. The molecule has 0 saturated carbocycles. The van der Waals surface area contributed by atoms with Gasteiger partial charge in [0.1, 0.15) is 6.61 Å². The summed E-state index contributed by atoms with van der Waals surface area (Å²) in [6, 6.07) is 7.53. The Morgan fingerprint density at radius 3 is 2.78 bits per heavy atom. The van der Waals surface area contributed by atoms with Crippen molar-refractivity contribution < 1.29 is 22.7 Å². The molecule has 1 aliphatic rings. The fraction of sp³-hybridized carbons (Fsp3) is 0.562. The zero-order chi connectivity index (χ0) is 16.9. The van der Waals surface area contributed by atoms with Crippen LogP contribution in [0.2, 0.25) is 5.02 Å². The molecule has 3 nitrogen and oxygen atoms in total. The van der Waals surface area contributed by atoms with Gasteiger partial charge in [-0.15, -0.1) is 0 Å². The van der Waals surface area contributed by atoms with Crippen LogP contribution in [0.1, 0.15) is 24.8 Å². The topological polar surface area (TPSA) is 29.5 Å². The highest BCUT2D eigenvalue weighted by atomic mass is 35.5. The Kier molecular flexibility index (Phi) is 6.30. The summed E-state index contributed by atoms with van der Waals surface area (Å²) in [5, 5.41) is 0.667. The van der Waals surface area contributed by atoms with Crippen molar-refractivity contribution in [2.24, 2.45) is 0 Å². The van der Waals surface area contributed by atoms with E-state index in [-0.39, 0.29) is 25.0 Å². The number of carbonyl (C=O) groups excluding carboxylic acids is 1. The van der Waals surface area contributed by atoms with Crippen LogP contribution in [0.15, 0.2) is 24.3 Å². The first-order valence-electron chi connectivity index (χ1n) is 7.54. The van der Waals surface area contributed by atoms with Crippen LogP contribution in [0, 0.1) is 0 Å². The zero-order valence-corrected chi connectivity index (χ0v) is 13.4. The number of likely N-dealkylation sites (tertiary alicyclic amines) is 1. The third-order valence-electron chi connectivity index (χ3n) is 3.84. The molecule has 0 aromatic heterocycles. The van der Waals surface area contributed by atoms with Gasteiger partial charge in [0.25, 0.3) is 0 Å². The Balaban J connectivity index is 1.83. The molecule has 1 amide bonds. The van der Waals surface area contributed by atoms with Crippen molar-refractivity contribution in [3.63, 3.8) is 0 Å². The second-order valence-corrected chi connectivity index (χ2v) is 6.00. The lowest BCUT2D eigenvalue weighted by Crippen LogP contribution is -2.37. The summed E-state index contributed by atoms with van der Waals surface area (Å²) in [6.07, 6.45) is -1.96. The average molecular weight is 350 g/mol. The van der Waals surface area contributed by atoms with Crippen molar-refractivity contribution in [2.75, 3.05) is 19.8 Å². The Morgan fingerprint density at radius 1 is 1.35 bits per heavy atom. The van der Waals surface area contributed by atoms with Gasteiger partial charge in [0.05, 0.1) is 13.0 Å². The van der Waals surface area contributed by atoms with Gasteiger partial charge in [-0.25, -0.2) is 0 Å². The number of hydrogen-bond acceptors (Lipinski definition) is 2. The largest absolute Gasteiger partial charge is 0.411 e. The molecule has 1 aliphatic heterocycles. The van der Waals surface area contributed by atoms with Crippen LogP contribution in [0.3, 0.4) is 0 Å². The molecule has 1 saturated heterocycles. The van der Waals surface area contributed by atoms with E-state index in [0.717, 1.165) is 18.4 Å². The minimum Gasteiger partial charge on any atom is -0.372 e. The number of hydrogen-bond donors (Lipinski definition) is 0. The minimum atomic E-state index is -4.36. The van der Waals surface area contributed by atoms with Gasteiger partial charge in [-0.05, 0) is 30.9 Å². The molecule has 0 radical (unpaired) electrons. The molecule has 23 heavy (non-hydrogen) atoms. The normalized spacial score (nSPS) is 18.4. The van der Waals surface area contributed by atoms with E-state index in [4.69, 9.17) is 11.6 Å². The lowest BCUT2D eigenvalue weighted by molar-refractivity contribution is -0.175. The monoisotopic (exact) mass is 349 g/mol. The summed E-state index contributed by atoms with van der Waals surface area (Å²) in [5.41, 5.74) is 0.979. The summed E-state index contributed by atoms with van der Waals surface area (Å²) >= 11 is 6.15. The van der Waals surface area contributed by atoms with E-state index >= 15 is 0 Å². The van der Waals surface area contributed by atoms with E-state index in [1.54, 1.807) is 4.90 Å². The van der Waals surface area contributed by atoms with E-state index in [0.29, 0.717) is 18.0 Å². The second kappa shape index (κ2) is 8.02. The fourth-order valence-electron chi connectivity index (χ4n) is 2.79. The highest BCUT2D eigenvalue weighted by Crippen LogP contribution is 2.25. The number of halogens is 4. The van der Waals surface area contributed by atoms with E-state index in [2.05, 4.69) is 4.74 Å². The first kappa shape index (κ1) is 18.1. The van der Waals surface area contributed by atoms with Crippen LogP contribution in [0.4, 0.5) is 13.2 Å². The first-order chi connectivity index (χ1) is 10.9. The number of alkyl halides is 3. The maximum Gasteiger partial charge on any atom is 0.411 e. The number of carbonyl (C=O) groups is 1. The van der Waals surface area contributed by atoms with E-state index in [1.807, 2.05) is 24.3 Å². The molecule has 128 valence electrons. The summed E-state index contributed by atoms with van der Waals surface area (Å²) in [7, 11) is 0. The van der Waals surface area contributed by atoms with Crippen LogP contribution >= 0.6 is 11.6 Å². The Labute approximate surface area is 138 Å². The molecule has 1 heterocycles. The molecule has 1 aromatic rings. The van der Waals surface area contributed by atoms with Crippen LogP contribution in [-0.2, 0) is 16.0 Å². The number of nitrogens with zero attached hydrogens (tertiary/aromatic N) is 1. The Bertz CT molecular complexity index is 536. The van der Waals surface area contributed by atoms with Gasteiger partial charge in [-0.3, -0.25) is 4.79 Å². The van der Waals surface area contributed by atoms with Crippen molar-refractivity contribution in [1.82, 2.24) is 4.90 Å². The minimum absolute atomic E-state index is 0.0326. The maximum atomic E-state index is 12.2. The molecule has 1 fully saturated rings. The standard InChI is InChI=1S/C16H19ClF3NO2/c17-14-6-2-1-4-12(14)10-13-5-3-8-21(13)15(22)7-9-23-11-16(18,19)20/h1-2,4,6,13H,3,5,7-11H2/t13-/m1/s1. The number of amides is 1. The summed E-state index contributed by atoms with van der Waals surface area (Å²) < 4.78 is 40.5. The predicted molar refractivity (Wildman–Crippen MR) is 81.4 cm³/mol. The van der Waals surface area contributed by atoms with Crippen molar-refractivity contribution in [3.8, 4) is 0 Å². The third kappa shape index (κ3) is 5.70. The number of rotatable bonds is 6. The molecule has 7 heteroatoms. The van der Waals surface area contributed by atoms with E-state index in [9.17, 15) is 18.0 Å². The Hall–Kier alpha value is -1.27. The number of ether oxygens (including phenoxy) is 1. The van der Waals surface area contributed by atoms with E-state index < -0.39 is 12.8 Å². The molecule has 0 bridgehead atoms. The van der Waals surface area contributed by atoms with Gasteiger partial charge in [0.15, 0.2) is 0 Å². The summed E-state index contributed by atoms with van der Waals surface area (Å²) in [6.45, 7) is -0.899. The molecule has 0 spiro atoms. The second-order valence-electron chi connectivity index (χ2n) is 5.60. The van der Waals surface area contributed by atoms with E-state index in [1.165, 1.54) is 0 Å². The lowest BCUT2D eigenvalue weighted by Gasteiger charge is -2.25. The van der Waals surface area contributed by atoms with Crippen LogP contribution < -0.4 is 0 Å². The highest BCUT2D eigenvalue weighted by molar-refractivity contribution is 6.31. The molecule has 1 atom stereocenters. The predicted octanol–water partition coefficient (Wildman–Crippen LogP) is 3.84. The lowest BCUT2D eigenvalue weighted by atomic mass is 10.0. The molecular formula is C16H19ClF3NO2. The average Bonchev–Trinajstić information content (AvgIpc) is 2.93. The van der Waals surface area contributed by atoms with Crippen LogP contribution in [0.25, 0.3) is 0 Å². The first-order valence-corrected chi connectivity index (χ1v) is 7.92. The fourth-order valence-corrected chi connectivity index (χ4v) is 3.00. The third-order valence-corrected chi connectivity index (χ3v) is 4.21. The smallest absolute Gasteiger partial charge is 0.372 e. The number of benzene rings is 1. The van der Waals surface area contributed by atoms with Gasteiger partial charge in [0, 0.05) is 17.6 Å². The molecule has 0 N–H and O–H groups in total. The van der Waals surface area contributed by atoms with Crippen LogP contribution in [0.5, 0.6) is 0 Å². The summed E-state index contributed by atoms with van der Waals surface area (Å²) in [4.78, 5) is 13.9. The van der Waals surface area contributed by atoms with Gasteiger partial charge in [0.2, 0.25) is 5.91 Å². The van der Waals surface area contributed by atoms with Crippen LogP contribution in [-0.4, -0.2) is 42.8 Å². The molecule has 0 aliphatic carbocycles. The SMILES string of the molecule is O=C(CCOCC(F)(F)F)N1CCC[C@@H]1Cc1ccccc1Cl. The van der Waals surface area contributed by atoms with Gasteiger partial charge in [-0.2, -0.15) is 13.2 Å². The van der Waals surface area contributed by atoms with Crippen molar-refractivity contribution >= 4 is 17.5 Å². The van der Waals surface area contributed by atoms with Gasteiger partial charge >= 0.3 is 6.18 Å². The molecular weight excluding hydrogens is 331 g/mol. The molecule has 2 rings (SSSR count). The Morgan fingerprint density at radius 2 is 2.09 bits per heavy atom. The molecule has 1 aromatic carbocycles. The van der Waals surface area contributed by atoms with Gasteiger partial charge in [-0.1, -0.05) is 29.8 Å². The molecule has 0 unspecified atom stereocenters. The maximum absolute atomic E-state index is 12.2. The van der Waals surface area contributed by atoms with Crippen molar-refractivity contribution in [3.05, 3.63) is 34.9 Å². The van der Waals surface area contributed by atoms with Crippen molar-refractivity contribution in [2.45, 2.75) is 37.9 Å². The zero-order valence-electron chi connectivity index (χ0n) is 12.6. The highest BCUT2D eigenvalue weighted by Gasteiger charge is 2.30. The van der Waals surface area contributed by atoms with Crippen molar-refractivity contribution in [1.29, 1.82) is 0 Å². The quantitative estimate of drug-likeness (QED) is 0.730.